The molecule has 0 amide bonds. The minimum absolute atomic E-state index is 0.0521. The molecule has 0 aromatic heterocycles. The summed E-state index contributed by atoms with van der Waals surface area (Å²) in [5, 5.41) is 0. The molecule has 0 aliphatic heterocycles. The zero-order valence-corrected chi connectivity index (χ0v) is 15.1. The third kappa shape index (κ3) is 8.67. The molecule has 0 aliphatic rings. The molecule has 0 aliphatic carbocycles. The van der Waals surface area contributed by atoms with Crippen molar-refractivity contribution in [3.8, 4) is 0 Å². The van der Waals surface area contributed by atoms with Crippen LogP contribution in [0, 0.1) is 0 Å². The molecular weight excluding hydrogens is 292 g/mol. The first-order chi connectivity index (χ1) is 9.92. The summed E-state index contributed by atoms with van der Waals surface area (Å²) in [6.45, 7) is 10.7. The van der Waals surface area contributed by atoms with E-state index in [1.807, 2.05) is 20.8 Å². The molecule has 126 valence electrons. The summed E-state index contributed by atoms with van der Waals surface area (Å²) >= 11 is 0. The molecule has 0 saturated carbocycles. The summed E-state index contributed by atoms with van der Waals surface area (Å²) < 4.78 is 33.1. The van der Waals surface area contributed by atoms with Gasteiger partial charge >= 0.3 is 8.80 Å². The van der Waals surface area contributed by atoms with E-state index < -0.39 is 8.80 Å². The molecule has 0 rings (SSSR count). The fourth-order valence-electron chi connectivity index (χ4n) is 1.21. The normalized spacial score (nSPS) is 18.8. The van der Waals surface area contributed by atoms with Crippen LogP contribution < -0.4 is 0 Å². The standard InChI is InChI=1S/C14H30O6Si/c1-8-21(18-9-12(2)15-5,19-10-13(3)16-6)20-11-14(4)17-7/h8,12-14H,1,9-11H2,2-7H3. The Labute approximate surface area is 129 Å². The van der Waals surface area contributed by atoms with E-state index >= 15 is 0 Å². The highest BCUT2D eigenvalue weighted by atomic mass is 28.4. The van der Waals surface area contributed by atoms with Crippen LogP contribution in [0.3, 0.4) is 0 Å². The first-order valence-corrected chi connectivity index (χ1v) is 8.87. The molecule has 21 heavy (non-hydrogen) atoms. The zero-order valence-electron chi connectivity index (χ0n) is 14.1. The fourth-order valence-corrected chi connectivity index (χ4v) is 3.21. The maximum Gasteiger partial charge on any atom is 0.529 e. The van der Waals surface area contributed by atoms with Crippen LogP contribution in [-0.2, 0) is 27.5 Å². The molecule has 0 aromatic carbocycles. The lowest BCUT2D eigenvalue weighted by atomic mass is 10.4. The van der Waals surface area contributed by atoms with Crippen LogP contribution in [0.15, 0.2) is 12.3 Å². The predicted molar refractivity (Wildman–Crippen MR) is 83.2 cm³/mol. The summed E-state index contributed by atoms with van der Waals surface area (Å²) in [6.07, 6.45) is -0.156. The van der Waals surface area contributed by atoms with Gasteiger partial charge in [0.05, 0.1) is 38.1 Å². The van der Waals surface area contributed by atoms with Gasteiger partial charge in [0.1, 0.15) is 0 Å². The Balaban J connectivity index is 4.69. The van der Waals surface area contributed by atoms with Crippen molar-refractivity contribution in [2.24, 2.45) is 0 Å². The Morgan fingerprint density at radius 3 is 1.24 bits per heavy atom. The van der Waals surface area contributed by atoms with Crippen molar-refractivity contribution in [2.45, 2.75) is 39.1 Å². The average Bonchev–Trinajstić information content (AvgIpc) is 2.53. The number of hydrogen-bond donors (Lipinski definition) is 0. The van der Waals surface area contributed by atoms with Crippen molar-refractivity contribution < 1.29 is 27.5 Å². The fraction of sp³-hybridized carbons (Fsp3) is 0.857. The molecule has 0 bridgehead atoms. The summed E-state index contributed by atoms with van der Waals surface area (Å²) in [7, 11) is 1.91. The van der Waals surface area contributed by atoms with Crippen LogP contribution in [0.5, 0.6) is 0 Å². The van der Waals surface area contributed by atoms with Gasteiger partial charge in [-0.3, -0.25) is 0 Å². The molecule has 0 radical (unpaired) electrons. The SMILES string of the molecule is C=C[Si](OCC(C)OC)(OCC(C)OC)OCC(C)OC. The van der Waals surface area contributed by atoms with Crippen molar-refractivity contribution in [2.75, 3.05) is 41.2 Å². The lowest BCUT2D eigenvalue weighted by Gasteiger charge is -2.29. The summed E-state index contributed by atoms with van der Waals surface area (Å²) in [6, 6.07) is 0. The van der Waals surface area contributed by atoms with E-state index in [0.29, 0.717) is 19.8 Å². The Morgan fingerprint density at radius 2 is 1.05 bits per heavy atom. The van der Waals surface area contributed by atoms with E-state index in [1.165, 1.54) is 0 Å². The highest BCUT2D eigenvalue weighted by Gasteiger charge is 2.39. The van der Waals surface area contributed by atoms with Gasteiger partial charge in [-0.1, -0.05) is 6.58 Å². The zero-order chi connectivity index (χ0) is 16.3. The number of ether oxygens (including phenoxy) is 3. The van der Waals surface area contributed by atoms with E-state index in [4.69, 9.17) is 27.5 Å². The molecule has 3 atom stereocenters. The highest BCUT2D eigenvalue weighted by Crippen LogP contribution is 2.14. The second kappa shape index (κ2) is 11.3. The lowest BCUT2D eigenvalue weighted by Crippen LogP contribution is -2.48. The van der Waals surface area contributed by atoms with Crippen molar-refractivity contribution in [1.29, 1.82) is 0 Å². The first-order valence-electron chi connectivity index (χ1n) is 7.06. The smallest absolute Gasteiger partial charge is 0.379 e. The summed E-state index contributed by atoms with van der Waals surface area (Å²) in [5.41, 5.74) is 1.63. The Hall–Kier alpha value is -0.283. The van der Waals surface area contributed by atoms with Gasteiger partial charge in [0.25, 0.3) is 0 Å². The molecular formula is C14H30O6Si. The van der Waals surface area contributed by atoms with Gasteiger partial charge in [-0.05, 0) is 26.5 Å². The van der Waals surface area contributed by atoms with Crippen LogP contribution in [0.2, 0.25) is 0 Å². The minimum atomic E-state index is -2.98. The van der Waals surface area contributed by atoms with Crippen LogP contribution in [-0.4, -0.2) is 68.3 Å². The van der Waals surface area contributed by atoms with Gasteiger partial charge < -0.3 is 27.5 Å². The van der Waals surface area contributed by atoms with E-state index in [0.717, 1.165) is 0 Å². The molecule has 7 heteroatoms. The predicted octanol–water partition coefficient (Wildman–Crippen LogP) is 1.80. The average molecular weight is 322 g/mol. The minimum Gasteiger partial charge on any atom is -0.379 e. The molecule has 0 fully saturated rings. The highest BCUT2D eigenvalue weighted by molar-refractivity contribution is 6.66. The topological polar surface area (TPSA) is 55.4 Å². The maximum absolute atomic E-state index is 5.86. The van der Waals surface area contributed by atoms with Gasteiger partial charge in [0, 0.05) is 21.3 Å². The Kier molecular flexibility index (Phi) is 11.2. The van der Waals surface area contributed by atoms with Gasteiger partial charge in [-0.2, -0.15) is 0 Å². The van der Waals surface area contributed by atoms with Crippen molar-refractivity contribution in [3.05, 3.63) is 12.3 Å². The molecule has 6 nitrogen and oxygen atoms in total. The van der Waals surface area contributed by atoms with E-state index in [9.17, 15) is 0 Å². The van der Waals surface area contributed by atoms with E-state index in [2.05, 4.69) is 6.58 Å². The molecule has 0 aromatic rings. The third-order valence-electron chi connectivity index (χ3n) is 3.01. The van der Waals surface area contributed by atoms with Crippen LogP contribution in [0.4, 0.5) is 0 Å². The molecule has 3 unspecified atom stereocenters. The maximum atomic E-state index is 5.86. The molecule has 0 spiro atoms. The monoisotopic (exact) mass is 322 g/mol. The lowest BCUT2D eigenvalue weighted by molar-refractivity contribution is -0.0204. The van der Waals surface area contributed by atoms with Crippen molar-refractivity contribution >= 4 is 8.80 Å². The molecule has 0 N–H and O–H groups in total. The second-order valence-corrected chi connectivity index (χ2v) is 7.36. The second-order valence-electron chi connectivity index (χ2n) is 4.88. The van der Waals surface area contributed by atoms with Crippen LogP contribution >= 0.6 is 0 Å². The number of hydrogen-bond acceptors (Lipinski definition) is 6. The molecule has 0 saturated heterocycles. The summed E-state index contributed by atoms with van der Waals surface area (Å²) in [5.74, 6) is 0. The largest absolute Gasteiger partial charge is 0.529 e. The van der Waals surface area contributed by atoms with Gasteiger partial charge in [0.2, 0.25) is 0 Å². The van der Waals surface area contributed by atoms with Crippen LogP contribution in [0.1, 0.15) is 20.8 Å². The number of methoxy groups -OCH3 is 3. The Bertz CT molecular complexity index is 240. The Morgan fingerprint density at radius 1 is 0.762 bits per heavy atom. The van der Waals surface area contributed by atoms with E-state index in [1.54, 1.807) is 27.0 Å². The van der Waals surface area contributed by atoms with E-state index in [-0.39, 0.29) is 18.3 Å². The van der Waals surface area contributed by atoms with Crippen molar-refractivity contribution in [3.63, 3.8) is 0 Å². The summed E-state index contributed by atoms with van der Waals surface area (Å²) in [4.78, 5) is 0. The van der Waals surface area contributed by atoms with Crippen molar-refractivity contribution in [1.82, 2.24) is 0 Å². The molecule has 0 heterocycles. The third-order valence-corrected chi connectivity index (χ3v) is 5.22. The quantitative estimate of drug-likeness (QED) is 0.482. The first kappa shape index (κ1) is 20.7. The van der Waals surface area contributed by atoms with Crippen LogP contribution in [0.25, 0.3) is 0 Å². The van der Waals surface area contributed by atoms with Gasteiger partial charge in [0.15, 0.2) is 0 Å². The van der Waals surface area contributed by atoms with Gasteiger partial charge in [-0.15, -0.1) is 0 Å². The number of rotatable bonds is 13. The van der Waals surface area contributed by atoms with Gasteiger partial charge in [-0.25, -0.2) is 0 Å².